The Hall–Kier alpha value is -2.66. The van der Waals surface area contributed by atoms with Gasteiger partial charge in [-0.1, -0.05) is 42.5 Å². The Morgan fingerprint density at radius 1 is 1.12 bits per heavy atom. The lowest BCUT2D eigenvalue weighted by molar-refractivity contribution is -0.133. The fraction of sp³-hybridized carbons (Fsp3) is 0.300. The second-order valence-corrected chi connectivity index (χ2v) is 6.50. The number of aliphatic hydroxyl groups is 1. The maximum atomic E-state index is 13.0. The minimum atomic E-state index is -0.177. The Kier molecular flexibility index (Phi) is 4.24. The van der Waals surface area contributed by atoms with Crippen molar-refractivity contribution in [3.05, 3.63) is 66.0 Å². The molecular formula is C20H21N3O2. The molecule has 5 nitrogen and oxygen atoms in total. The summed E-state index contributed by atoms with van der Waals surface area (Å²) in [6.45, 7) is 0.662. The van der Waals surface area contributed by atoms with Gasteiger partial charge in [-0.2, -0.15) is 0 Å². The van der Waals surface area contributed by atoms with Crippen molar-refractivity contribution >= 4 is 16.9 Å². The van der Waals surface area contributed by atoms with Gasteiger partial charge in [0, 0.05) is 12.6 Å². The summed E-state index contributed by atoms with van der Waals surface area (Å²) in [4.78, 5) is 19.4. The summed E-state index contributed by atoms with van der Waals surface area (Å²) < 4.78 is 1.83. The lowest BCUT2D eigenvalue weighted by Gasteiger charge is -2.23. The number of nitrogens with zero attached hydrogens (tertiary/aromatic N) is 3. The van der Waals surface area contributed by atoms with Crippen LogP contribution in [-0.2, 0) is 24.5 Å². The molecule has 1 amide bonds. The Morgan fingerprint density at radius 3 is 2.56 bits per heavy atom. The van der Waals surface area contributed by atoms with Crippen LogP contribution in [0.15, 0.2) is 54.6 Å². The van der Waals surface area contributed by atoms with Crippen molar-refractivity contribution in [2.24, 2.45) is 0 Å². The third-order valence-electron chi connectivity index (χ3n) is 4.67. The predicted octanol–water partition coefficient (Wildman–Crippen LogP) is 2.72. The van der Waals surface area contributed by atoms with E-state index >= 15 is 0 Å². The van der Waals surface area contributed by atoms with Crippen molar-refractivity contribution in [1.82, 2.24) is 14.5 Å². The Bertz CT molecular complexity index is 884. The molecule has 1 heterocycles. The number of rotatable bonds is 6. The van der Waals surface area contributed by atoms with E-state index in [2.05, 4.69) is 17.1 Å². The van der Waals surface area contributed by atoms with Crippen molar-refractivity contribution in [3.8, 4) is 0 Å². The standard InChI is InChI=1S/C20H21N3O2/c24-14-19-21-17-8-4-5-9-18(17)23(19)13-20(25)22(16-10-11-16)12-15-6-2-1-3-7-15/h1-9,16,24H,10-14H2. The molecule has 1 aliphatic carbocycles. The van der Waals surface area contributed by atoms with E-state index in [4.69, 9.17) is 0 Å². The normalized spacial score (nSPS) is 14.0. The number of aromatic nitrogens is 2. The Balaban J connectivity index is 1.60. The summed E-state index contributed by atoms with van der Waals surface area (Å²) in [5.74, 6) is 0.606. The molecule has 0 saturated heterocycles. The minimum Gasteiger partial charge on any atom is -0.388 e. The van der Waals surface area contributed by atoms with E-state index < -0.39 is 0 Å². The molecule has 0 bridgehead atoms. The number of carbonyl (C=O) groups is 1. The molecule has 1 saturated carbocycles. The van der Waals surface area contributed by atoms with Gasteiger partial charge in [-0.05, 0) is 30.5 Å². The van der Waals surface area contributed by atoms with Gasteiger partial charge in [-0.15, -0.1) is 0 Å². The van der Waals surface area contributed by atoms with Crippen LogP contribution >= 0.6 is 0 Å². The van der Waals surface area contributed by atoms with Gasteiger partial charge in [0.05, 0.1) is 11.0 Å². The van der Waals surface area contributed by atoms with Crippen LogP contribution in [0.5, 0.6) is 0 Å². The molecule has 5 heteroatoms. The summed E-state index contributed by atoms with van der Waals surface area (Å²) in [5.41, 5.74) is 2.83. The molecule has 0 unspecified atom stereocenters. The second-order valence-electron chi connectivity index (χ2n) is 6.50. The zero-order valence-corrected chi connectivity index (χ0v) is 14.0. The summed E-state index contributed by atoms with van der Waals surface area (Å²) >= 11 is 0. The van der Waals surface area contributed by atoms with Gasteiger partial charge in [0.1, 0.15) is 19.0 Å². The van der Waals surface area contributed by atoms with E-state index in [9.17, 15) is 9.90 Å². The molecule has 1 aromatic heterocycles. The average molecular weight is 335 g/mol. The quantitative estimate of drug-likeness (QED) is 0.753. The van der Waals surface area contributed by atoms with Crippen molar-refractivity contribution in [2.75, 3.05) is 0 Å². The van der Waals surface area contributed by atoms with E-state index in [1.54, 1.807) is 0 Å². The van der Waals surface area contributed by atoms with E-state index in [0.29, 0.717) is 18.4 Å². The number of carbonyl (C=O) groups excluding carboxylic acids is 1. The number of benzene rings is 2. The molecule has 25 heavy (non-hydrogen) atoms. The molecule has 4 rings (SSSR count). The highest BCUT2D eigenvalue weighted by Gasteiger charge is 2.32. The second kappa shape index (κ2) is 6.69. The number of fused-ring (bicyclic) bond motifs is 1. The summed E-state index contributed by atoms with van der Waals surface area (Å²) in [6, 6.07) is 18.1. The van der Waals surface area contributed by atoms with Crippen molar-refractivity contribution < 1.29 is 9.90 Å². The van der Waals surface area contributed by atoms with Crippen LogP contribution in [0.2, 0.25) is 0 Å². The highest BCUT2D eigenvalue weighted by molar-refractivity contribution is 5.81. The zero-order chi connectivity index (χ0) is 17.2. The summed E-state index contributed by atoms with van der Waals surface area (Å²) in [6.07, 6.45) is 2.13. The minimum absolute atomic E-state index is 0.0733. The van der Waals surface area contributed by atoms with E-state index in [1.165, 1.54) is 0 Å². The van der Waals surface area contributed by atoms with Gasteiger partial charge in [0.2, 0.25) is 5.91 Å². The first-order valence-electron chi connectivity index (χ1n) is 8.64. The molecular weight excluding hydrogens is 314 g/mol. The average Bonchev–Trinajstić information content (AvgIpc) is 3.43. The Morgan fingerprint density at radius 2 is 1.84 bits per heavy atom. The molecule has 0 spiro atoms. The van der Waals surface area contributed by atoms with E-state index in [0.717, 1.165) is 29.4 Å². The lowest BCUT2D eigenvalue weighted by atomic mass is 10.2. The maximum absolute atomic E-state index is 13.0. The smallest absolute Gasteiger partial charge is 0.243 e. The number of hydrogen-bond acceptors (Lipinski definition) is 3. The number of hydrogen-bond donors (Lipinski definition) is 1. The van der Waals surface area contributed by atoms with E-state index in [-0.39, 0.29) is 19.1 Å². The van der Waals surface area contributed by atoms with Gasteiger partial charge in [0.15, 0.2) is 0 Å². The lowest BCUT2D eigenvalue weighted by Crippen LogP contribution is -2.35. The first-order valence-corrected chi connectivity index (χ1v) is 8.64. The van der Waals surface area contributed by atoms with Gasteiger partial charge in [0.25, 0.3) is 0 Å². The molecule has 1 aliphatic rings. The van der Waals surface area contributed by atoms with Crippen LogP contribution < -0.4 is 0 Å². The van der Waals surface area contributed by atoms with Crippen LogP contribution in [0, 0.1) is 0 Å². The van der Waals surface area contributed by atoms with Crippen LogP contribution in [0.25, 0.3) is 11.0 Å². The Labute approximate surface area is 146 Å². The first kappa shape index (κ1) is 15.8. The molecule has 0 atom stereocenters. The largest absolute Gasteiger partial charge is 0.388 e. The zero-order valence-electron chi connectivity index (χ0n) is 14.0. The summed E-state index contributed by atoms with van der Waals surface area (Å²) in [7, 11) is 0. The number of amides is 1. The first-order chi connectivity index (χ1) is 12.3. The predicted molar refractivity (Wildman–Crippen MR) is 95.7 cm³/mol. The van der Waals surface area contributed by atoms with Gasteiger partial charge < -0.3 is 14.6 Å². The fourth-order valence-electron chi connectivity index (χ4n) is 3.24. The monoisotopic (exact) mass is 335 g/mol. The topological polar surface area (TPSA) is 58.4 Å². The number of para-hydroxylation sites is 2. The molecule has 0 aliphatic heterocycles. The molecule has 1 N–H and O–H groups in total. The molecule has 2 aromatic carbocycles. The molecule has 128 valence electrons. The molecule has 3 aromatic rings. The fourth-order valence-corrected chi connectivity index (χ4v) is 3.24. The molecule has 0 radical (unpaired) electrons. The highest BCUT2D eigenvalue weighted by atomic mass is 16.3. The maximum Gasteiger partial charge on any atom is 0.243 e. The van der Waals surface area contributed by atoms with Crippen LogP contribution in [0.1, 0.15) is 24.2 Å². The number of aliphatic hydroxyl groups excluding tert-OH is 1. The van der Waals surface area contributed by atoms with E-state index in [1.807, 2.05) is 51.9 Å². The molecule has 1 fully saturated rings. The third kappa shape index (κ3) is 3.28. The van der Waals surface area contributed by atoms with Crippen LogP contribution in [0.3, 0.4) is 0 Å². The van der Waals surface area contributed by atoms with Crippen LogP contribution in [-0.4, -0.2) is 31.5 Å². The van der Waals surface area contributed by atoms with Gasteiger partial charge >= 0.3 is 0 Å². The SMILES string of the molecule is O=C(Cn1c(CO)nc2ccccc21)N(Cc1ccccc1)C1CC1. The van der Waals surface area contributed by atoms with Crippen molar-refractivity contribution in [1.29, 1.82) is 0 Å². The van der Waals surface area contributed by atoms with Crippen molar-refractivity contribution in [2.45, 2.75) is 38.6 Å². The third-order valence-corrected chi connectivity index (χ3v) is 4.67. The summed E-state index contributed by atoms with van der Waals surface area (Å²) in [5, 5.41) is 9.62. The van der Waals surface area contributed by atoms with Gasteiger partial charge in [-0.3, -0.25) is 4.79 Å². The van der Waals surface area contributed by atoms with Crippen LogP contribution in [0.4, 0.5) is 0 Å². The number of imidazole rings is 1. The highest BCUT2D eigenvalue weighted by Crippen LogP contribution is 2.29. The van der Waals surface area contributed by atoms with Crippen molar-refractivity contribution in [3.63, 3.8) is 0 Å². The van der Waals surface area contributed by atoms with Gasteiger partial charge in [-0.25, -0.2) is 4.98 Å².